The molecule has 2 aromatic rings. The van der Waals surface area contributed by atoms with Crippen LogP contribution in [-0.4, -0.2) is 33.7 Å². The molecular formula is C20H26N4O. The summed E-state index contributed by atoms with van der Waals surface area (Å²) >= 11 is 0. The zero-order valence-corrected chi connectivity index (χ0v) is 14.7. The van der Waals surface area contributed by atoms with Crippen LogP contribution in [0, 0.1) is 5.92 Å². The lowest BCUT2D eigenvalue weighted by molar-refractivity contribution is 0.171. The van der Waals surface area contributed by atoms with E-state index in [4.69, 9.17) is 0 Å². The van der Waals surface area contributed by atoms with Crippen molar-refractivity contribution in [2.24, 2.45) is 5.92 Å². The van der Waals surface area contributed by atoms with Gasteiger partial charge in [-0.2, -0.15) is 5.10 Å². The van der Waals surface area contributed by atoms with Crippen LogP contribution in [0.1, 0.15) is 49.0 Å². The number of benzene rings is 1. The predicted octanol–water partition coefficient (Wildman–Crippen LogP) is 3.45. The van der Waals surface area contributed by atoms with Crippen molar-refractivity contribution >= 4 is 6.03 Å². The first-order valence-electron chi connectivity index (χ1n) is 9.34. The number of carbonyl (C=O) groups is 1. The average Bonchev–Trinajstić information content (AvgIpc) is 3.34. The molecule has 0 aliphatic heterocycles. The molecule has 2 atom stereocenters. The highest BCUT2D eigenvalue weighted by molar-refractivity contribution is 5.75. The molecule has 1 aromatic heterocycles. The molecule has 1 heterocycles. The van der Waals surface area contributed by atoms with Crippen LogP contribution in [0.4, 0.5) is 4.79 Å². The molecule has 4 rings (SSSR count). The molecule has 1 aromatic carbocycles. The summed E-state index contributed by atoms with van der Waals surface area (Å²) in [5, 5.41) is 10.5. The number of aryl methyl sites for hydroxylation is 1. The number of aromatic nitrogens is 2. The second-order valence-electron chi connectivity index (χ2n) is 7.45. The minimum absolute atomic E-state index is 0.0696. The van der Waals surface area contributed by atoms with Crippen LogP contribution in [0.25, 0.3) is 0 Å². The third-order valence-electron chi connectivity index (χ3n) is 5.51. The number of hydrogen-bond acceptors (Lipinski definition) is 2. The molecule has 132 valence electrons. The van der Waals surface area contributed by atoms with Gasteiger partial charge in [-0.05, 0) is 56.1 Å². The topological polar surface area (TPSA) is 61.0 Å². The number of rotatable bonds is 5. The molecule has 0 radical (unpaired) electrons. The summed E-state index contributed by atoms with van der Waals surface area (Å²) in [5.74, 6) is 0.670. The normalized spacial score (nSPS) is 20.6. The van der Waals surface area contributed by atoms with E-state index < -0.39 is 0 Å². The monoisotopic (exact) mass is 338 g/mol. The number of fused-ring (bicyclic) bond motifs is 1. The van der Waals surface area contributed by atoms with E-state index >= 15 is 0 Å². The van der Waals surface area contributed by atoms with E-state index in [-0.39, 0.29) is 18.1 Å². The number of nitrogens with one attached hydrogen (secondary N) is 2. The lowest BCUT2D eigenvalue weighted by atomic mass is 9.94. The third kappa shape index (κ3) is 3.70. The Hall–Kier alpha value is -2.30. The van der Waals surface area contributed by atoms with Crippen molar-refractivity contribution in [2.45, 2.75) is 51.1 Å². The van der Waals surface area contributed by atoms with Gasteiger partial charge in [0.25, 0.3) is 0 Å². The van der Waals surface area contributed by atoms with E-state index in [1.165, 1.54) is 29.7 Å². The number of aromatic amines is 1. The number of H-pyrrole nitrogens is 1. The fourth-order valence-electron chi connectivity index (χ4n) is 3.70. The van der Waals surface area contributed by atoms with Gasteiger partial charge in [-0.15, -0.1) is 0 Å². The van der Waals surface area contributed by atoms with Crippen LogP contribution in [0.15, 0.2) is 36.5 Å². The Balaban J connectivity index is 1.44. The van der Waals surface area contributed by atoms with Gasteiger partial charge >= 0.3 is 6.03 Å². The van der Waals surface area contributed by atoms with Gasteiger partial charge in [0.05, 0.1) is 12.2 Å². The molecular weight excluding hydrogens is 312 g/mol. The van der Waals surface area contributed by atoms with E-state index in [9.17, 15) is 4.79 Å². The fraction of sp³-hybridized carbons (Fsp3) is 0.500. The first-order valence-corrected chi connectivity index (χ1v) is 9.34. The van der Waals surface area contributed by atoms with Gasteiger partial charge in [-0.25, -0.2) is 4.79 Å². The largest absolute Gasteiger partial charge is 0.335 e. The van der Waals surface area contributed by atoms with Crippen molar-refractivity contribution in [1.82, 2.24) is 20.4 Å². The summed E-state index contributed by atoms with van der Waals surface area (Å²) in [6.45, 7) is 2.98. The average molecular weight is 338 g/mol. The molecule has 2 aliphatic rings. The van der Waals surface area contributed by atoms with Gasteiger partial charge in [0.1, 0.15) is 0 Å². The van der Waals surface area contributed by atoms with Gasteiger partial charge in [0.2, 0.25) is 0 Å². The Morgan fingerprint density at radius 1 is 1.32 bits per heavy atom. The van der Waals surface area contributed by atoms with Crippen molar-refractivity contribution in [2.75, 3.05) is 6.54 Å². The van der Waals surface area contributed by atoms with Crippen LogP contribution < -0.4 is 5.32 Å². The Morgan fingerprint density at radius 3 is 2.88 bits per heavy atom. The Labute approximate surface area is 148 Å². The zero-order valence-electron chi connectivity index (χ0n) is 14.7. The fourth-order valence-corrected chi connectivity index (χ4v) is 3.70. The number of urea groups is 1. The van der Waals surface area contributed by atoms with E-state index in [1.54, 1.807) is 0 Å². The van der Waals surface area contributed by atoms with Crippen molar-refractivity contribution in [3.63, 3.8) is 0 Å². The molecule has 25 heavy (non-hydrogen) atoms. The highest BCUT2D eigenvalue weighted by Crippen LogP contribution is 2.33. The van der Waals surface area contributed by atoms with Gasteiger partial charge in [0.15, 0.2) is 0 Å². The van der Waals surface area contributed by atoms with Gasteiger partial charge < -0.3 is 10.2 Å². The second kappa shape index (κ2) is 6.90. The van der Waals surface area contributed by atoms with E-state index in [1.807, 2.05) is 29.3 Å². The van der Waals surface area contributed by atoms with Crippen LogP contribution in [0.3, 0.4) is 0 Å². The van der Waals surface area contributed by atoms with Gasteiger partial charge in [0, 0.05) is 18.3 Å². The number of amides is 2. The maximum Gasteiger partial charge on any atom is 0.318 e. The summed E-state index contributed by atoms with van der Waals surface area (Å²) in [6.07, 6.45) is 7.17. The maximum absolute atomic E-state index is 13.0. The molecule has 2 amide bonds. The van der Waals surface area contributed by atoms with Crippen LogP contribution in [0.5, 0.6) is 0 Å². The molecule has 5 nitrogen and oxygen atoms in total. The number of hydrogen-bond donors (Lipinski definition) is 2. The number of carbonyl (C=O) groups excluding carboxylic acids is 1. The van der Waals surface area contributed by atoms with Crippen molar-refractivity contribution in [3.05, 3.63) is 53.3 Å². The van der Waals surface area contributed by atoms with Crippen molar-refractivity contribution in [3.8, 4) is 0 Å². The first-order chi connectivity index (χ1) is 12.2. The van der Waals surface area contributed by atoms with Crippen LogP contribution in [0.2, 0.25) is 0 Å². The molecule has 0 spiro atoms. The summed E-state index contributed by atoms with van der Waals surface area (Å²) in [5.41, 5.74) is 3.65. The molecule has 5 heteroatoms. The lowest BCUT2D eigenvalue weighted by Crippen LogP contribution is -2.48. The highest BCUT2D eigenvalue weighted by Gasteiger charge is 2.31. The highest BCUT2D eigenvalue weighted by atomic mass is 16.2. The van der Waals surface area contributed by atoms with E-state index in [0.29, 0.717) is 5.92 Å². The van der Waals surface area contributed by atoms with E-state index in [0.717, 1.165) is 25.8 Å². The summed E-state index contributed by atoms with van der Waals surface area (Å²) in [4.78, 5) is 15.1. The Kier molecular flexibility index (Phi) is 4.47. The minimum atomic E-state index is 0.0696. The molecule has 2 aliphatic carbocycles. The standard InChI is InChI=1S/C20H26N4O/c1-14(16-5-3-2-4-6-16)24(13-15-7-8-15)20(25)22-18-9-10-19-17(11-18)12-21-23-19/h2-6,12,14-15,18H,7-11,13H2,1H3,(H,21,23)(H,22,25)/t14-,18-/m0/s1. The summed E-state index contributed by atoms with van der Waals surface area (Å²) < 4.78 is 0. The molecule has 0 saturated heterocycles. The lowest BCUT2D eigenvalue weighted by Gasteiger charge is -2.32. The van der Waals surface area contributed by atoms with E-state index in [2.05, 4.69) is 34.6 Å². The smallest absolute Gasteiger partial charge is 0.318 e. The minimum Gasteiger partial charge on any atom is -0.335 e. The molecule has 1 fully saturated rings. The van der Waals surface area contributed by atoms with Crippen molar-refractivity contribution < 1.29 is 4.79 Å². The predicted molar refractivity (Wildman–Crippen MR) is 97.2 cm³/mol. The second-order valence-corrected chi connectivity index (χ2v) is 7.45. The molecule has 0 bridgehead atoms. The number of nitrogens with zero attached hydrogens (tertiary/aromatic N) is 2. The van der Waals surface area contributed by atoms with Crippen molar-refractivity contribution in [1.29, 1.82) is 0 Å². The first kappa shape index (κ1) is 16.2. The molecule has 1 saturated carbocycles. The summed E-state index contributed by atoms with van der Waals surface area (Å²) in [7, 11) is 0. The Morgan fingerprint density at radius 2 is 2.12 bits per heavy atom. The van der Waals surface area contributed by atoms with Crippen LogP contribution in [-0.2, 0) is 12.8 Å². The van der Waals surface area contributed by atoms with Crippen LogP contribution >= 0.6 is 0 Å². The SMILES string of the molecule is C[C@@H](c1ccccc1)N(CC1CC1)C(=O)N[C@H]1CCc2[nH]ncc2C1. The van der Waals surface area contributed by atoms with Gasteiger partial charge in [-0.1, -0.05) is 30.3 Å². The quantitative estimate of drug-likeness (QED) is 0.877. The zero-order chi connectivity index (χ0) is 17.2. The third-order valence-corrected chi connectivity index (χ3v) is 5.51. The molecule has 2 N–H and O–H groups in total. The maximum atomic E-state index is 13.0. The Bertz CT molecular complexity index is 722. The summed E-state index contributed by atoms with van der Waals surface area (Å²) in [6, 6.07) is 10.7. The van der Waals surface area contributed by atoms with Gasteiger partial charge in [-0.3, -0.25) is 5.10 Å². The molecule has 0 unspecified atom stereocenters.